The van der Waals surface area contributed by atoms with Gasteiger partial charge in [-0.3, -0.25) is 4.79 Å². The smallest absolute Gasteiger partial charge is 0.147 e. The minimum atomic E-state index is -0.494. The molecule has 0 unspecified atom stereocenters. The standard InChI is InChI=1S/C27H24O/c1-18-9-13-20(14-10-18)25-22-6-3-4-7-23(22)27(17-5-8-24(27)28)26(25)21-15-11-19(2)12-16-21/h3-4,6-7,9-16H,5,8,17H2,1-2H3/t27-/m0/s1. The van der Waals surface area contributed by atoms with Crippen LogP contribution in [0, 0.1) is 13.8 Å². The molecule has 0 heterocycles. The van der Waals surface area contributed by atoms with E-state index in [1.807, 2.05) is 0 Å². The summed E-state index contributed by atoms with van der Waals surface area (Å²) in [6.45, 7) is 4.22. The van der Waals surface area contributed by atoms with Crippen LogP contribution in [0.4, 0.5) is 0 Å². The van der Waals surface area contributed by atoms with Crippen molar-refractivity contribution in [1.29, 1.82) is 0 Å². The van der Waals surface area contributed by atoms with Crippen LogP contribution in [-0.4, -0.2) is 5.78 Å². The third kappa shape index (κ3) is 2.36. The number of fused-ring (bicyclic) bond motifs is 2. The molecule has 1 saturated carbocycles. The summed E-state index contributed by atoms with van der Waals surface area (Å²) in [5.41, 5.74) is 9.22. The lowest BCUT2D eigenvalue weighted by molar-refractivity contribution is -0.120. The number of ketones is 1. The van der Waals surface area contributed by atoms with E-state index in [9.17, 15) is 4.79 Å². The second kappa shape index (κ2) is 6.31. The fourth-order valence-corrected chi connectivity index (χ4v) is 5.10. The highest BCUT2D eigenvalue weighted by Crippen LogP contribution is 2.58. The maximum atomic E-state index is 13.4. The monoisotopic (exact) mass is 364 g/mol. The molecule has 28 heavy (non-hydrogen) atoms. The molecule has 1 spiro atoms. The second-order valence-corrected chi connectivity index (χ2v) is 8.21. The molecule has 3 aromatic carbocycles. The van der Waals surface area contributed by atoms with Crippen molar-refractivity contribution in [3.8, 4) is 0 Å². The molecule has 0 bridgehead atoms. The van der Waals surface area contributed by atoms with Gasteiger partial charge in [0.1, 0.15) is 5.78 Å². The van der Waals surface area contributed by atoms with E-state index in [4.69, 9.17) is 0 Å². The molecule has 5 rings (SSSR count). The van der Waals surface area contributed by atoms with E-state index in [2.05, 4.69) is 86.6 Å². The molecule has 2 aliphatic rings. The van der Waals surface area contributed by atoms with E-state index in [0.29, 0.717) is 12.2 Å². The van der Waals surface area contributed by atoms with Crippen LogP contribution in [-0.2, 0) is 10.2 Å². The number of aryl methyl sites for hydroxylation is 2. The summed E-state index contributed by atoms with van der Waals surface area (Å²) in [4.78, 5) is 13.4. The number of allylic oxidation sites excluding steroid dienone is 1. The van der Waals surface area contributed by atoms with E-state index in [1.54, 1.807) is 0 Å². The van der Waals surface area contributed by atoms with Gasteiger partial charge in [-0.2, -0.15) is 0 Å². The van der Waals surface area contributed by atoms with Gasteiger partial charge in [0.25, 0.3) is 0 Å². The van der Waals surface area contributed by atoms with Gasteiger partial charge in [-0.05, 0) is 60.1 Å². The molecule has 0 amide bonds. The van der Waals surface area contributed by atoms with Crippen LogP contribution in [0.2, 0.25) is 0 Å². The summed E-state index contributed by atoms with van der Waals surface area (Å²) in [6.07, 6.45) is 2.54. The molecule has 1 nitrogen and oxygen atoms in total. The zero-order valence-corrected chi connectivity index (χ0v) is 16.5. The molecule has 0 saturated heterocycles. The van der Waals surface area contributed by atoms with Gasteiger partial charge in [-0.1, -0.05) is 83.9 Å². The van der Waals surface area contributed by atoms with Crippen molar-refractivity contribution in [2.45, 2.75) is 38.5 Å². The molecule has 0 aliphatic heterocycles. The zero-order chi connectivity index (χ0) is 19.3. The van der Waals surface area contributed by atoms with Crippen molar-refractivity contribution in [3.05, 3.63) is 106 Å². The first-order chi connectivity index (χ1) is 13.6. The number of carbonyl (C=O) groups excluding carboxylic acids is 1. The maximum absolute atomic E-state index is 13.4. The van der Waals surface area contributed by atoms with Crippen LogP contribution in [0.15, 0.2) is 72.8 Å². The highest BCUT2D eigenvalue weighted by Gasteiger charge is 2.52. The SMILES string of the molecule is Cc1ccc(C2=C(c3ccc(C)cc3)[C@@]3(CCCC3=O)c3ccccc32)cc1. The maximum Gasteiger partial charge on any atom is 0.147 e. The minimum absolute atomic E-state index is 0.373. The average Bonchev–Trinajstić information content (AvgIpc) is 3.23. The molecule has 1 fully saturated rings. The molecule has 1 atom stereocenters. The van der Waals surface area contributed by atoms with Gasteiger partial charge < -0.3 is 0 Å². The Labute approximate surface area is 166 Å². The largest absolute Gasteiger partial charge is 0.298 e. The summed E-state index contributed by atoms with van der Waals surface area (Å²) in [6, 6.07) is 26.0. The van der Waals surface area contributed by atoms with Gasteiger partial charge in [0.05, 0.1) is 5.41 Å². The number of hydrogen-bond donors (Lipinski definition) is 0. The molecule has 0 N–H and O–H groups in total. The predicted molar refractivity (Wildman–Crippen MR) is 115 cm³/mol. The average molecular weight is 364 g/mol. The third-order valence-electron chi connectivity index (χ3n) is 6.45. The summed E-state index contributed by atoms with van der Waals surface area (Å²) in [5.74, 6) is 0.373. The van der Waals surface area contributed by atoms with Gasteiger partial charge in [-0.25, -0.2) is 0 Å². The Morgan fingerprint density at radius 2 is 1.36 bits per heavy atom. The number of hydrogen-bond acceptors (Lipinski definition) is 1. The van der Waals surface area contributed by atoms with E-state index in [-0.39, 0.29) is 0 Å². The molecule has 138 valence electrons. The van der Waals surface area contributed by atoms with Crippen molar-refractivity contribution in [1.82, 2.24) is 0 Å². The normalized spacial score (nSPS) is 20.9. The van der Waals surface area contributed by atoms with E-state index >= 15 is 0 Å². The predicted octanol–water partition coefficient (Wildman–Crippen LogP) is 6.27. The van der Waals surface area contributed by atoms with Gasteiger partial charge >= 0.3 is 0 Å². The fourth-order valence-electron chi connectivity index (χ4n) is 5.10. The molecule has 0 aromatic heterocycles. The third-order valence-corrected chi connectivity index (χ3v) is 6.45. The van der Waals surface area contributed by atoms with E-state index in [0.717, 1.165) is 12.8 Å². The second-order valence-electron chi connectivity index (χ2n) is 8.21. The van der Waals surface area contributed by atoms with Crippen molar-refractivity contribution in [2.75, 3.05) is 0 Å². The summed E-state index contributed by atoms with van der Waals surface area (Å²) in [7, 11) is 0. The lowest BCUT2D eigenvalue weighted by Crippen LogP contribution is -2.30. The van der Waals surface area contributed by atoms with Crippen molar-refractivity contribution in [2.24, 2.45) is 0 Å². The van der Waals surface area contributed by atoms with E-state index in [1.165, 1.54) is 44.5 Å². The topological polar surface area (TPSA) is 17.1 Å². The van der Waals surface area contributed by atoms with Gasteiger partial charge in [-0.15, -0.1) is 0 Å². The minimum Gasteiger partial charge on any atom is -0.298 e. The van der Waals surface area contributed by atoms with Crippen LogP contribution < -0.4 is 0 Å². The number of Topliss-reactive ketones (excluding diaryl/α,β-unsaturated/α-hetero) is 1. The molecular weight excluding hydrogens is 340 g/mol. The first-order valence-electron chi connectivity index (χ1n) is 10.1. The molecule has 1 heteroatoms. The van der Waals surface area contributed by atoms with Crippen molar-refractivity contribution >= 4 is 16.9 Å². The van der Waals surface area contributed by atoms with Crippen molar-refractivity contribution < 1.29 is 4.79 Å². The summed E-state index contributed by atoms with van der Waals surface area (Å²) < 4.78 is 0. The van der Waals surface area contributed by atoms with Gasteiger partial charge in [0, 0.05) is 6.42 Å². The van der Waals surface area contributed by atoms with Crippen molar-refractivity contribution in [3.63, 3.8) is 0 Å². The fraction of sp³-hybridized carbons (Fsp3) is 0.222. The van der Waals surface area contributed by atoms with E-state index < -0.39 is 5.41 Å². The van der Waals surface area contributed by atoms with Crippen LogP contribution >= 0.6 is 0 Å². The molecule has 0 radical (unpaired) electrons. The highest BCUT2D eigenvalue weighted by atomic mass is 16.1. The Morgan fingerprint density at radius 1 is 0.750 bits per heavy atom. The first-order valence-corrected chi connectivity index (χ1v) is 10.1. The number of rotatable bonds is 2. The van der Waals surface area contributed by atoms with Crippen LogP contribution in [0.5, 0.6) is 0 Å². The van der Waals surface area contributed by atoms with Gasteiger partial charge in [0.2, 0.25) is 0 Å². The zero-order valence-electron chi connectivity index (χ0n) is 16.5. The lowest BCUT2D eigenvalue weighted by Gasteiger charge is -2.28. The molecule has 3 aromatic rings. The summed E-state index contributed by atoms with van der Waals surface area (Å²) >= 11 is 0. The quantitative estimate of drug-likeness (QED) is 0.524. The molecule has 2 aliphatic carbocycles. The van der Waals surface area contributed by atoms with Gasteiger partial charge in [0.15, 0.2) is 0 Å². The Morgan fingerprint density at radius 3 is 1.96 bits per heavy atom. The Balaban J connectivity index is 1.88. The van der Waals surface area contributed by atoms with Crippen LogP contribution in [0.3, 0.4) is 0 Å². The first kappa shape index (κ1) is 17.2. The Kier molecular flexibility index (Phi) is 3.87. The summed E-state index contributed by atoms with van der Waals surface area (Å²) in [5, 5.41) is 0. The van der Waals surface area contributed by atoms with Crippen LogP contribution in [0.1, 0.15) is 52.6 Å². The Hall–Kier alpha value is -2.93. The highest BCUT2D eigenvalue weighted by molar-refractivity contribution is 6.18. The Bertz CT molecular complexity index is 1100. The molecular formula is C27H24O. The lowest BCUT2D eigenvalue weighted by atomic mass is 9.72. The number of benzene rings is 3. The van der Waals surface area contributed by atoms with Crippen LogP contribution in [0.25, 0.3) is 11.1 Å². The number of carbonyl (C=O) groups is 1.